The first-order chi connectivity index (χ1) is 10.3. The van der Waals surface area contributed by atoms with Crippen molar-refractivity contribution in [3.8, 4) is 11.8 Å². The molecule has 0 saturated carbocycles. The Hall–Kier alpha value is -2.18. The zero-order valence-corrected chi connectivity index (χ0v) is 13.3. The molecule has 0 spiro atoms. The quantitative estimate of drug-likeness (QED) is 0.558. The van der Waals surface area contributed by atoms with E-state index in [0.29, 0.717) is 0 Å². The third-order valence-electron chi connectivity index (χ3n) is 2.96. The summed E-state index contributed by atoms with van der Waals surface area (Å²) in [5, 5.41) is 19.8. The molecule has 0 N–H and O–H groups in total. The van der Waals surface area contributed by atoms with Crippen LogP contribution >= 0.6 is 0 Å². The van der Waals surface area contributed by atoms with Gasteiger partial charge in [-0.3, -0.25) is 10.1 Å². The van der Waals surface area contributed by atoms with Crippen molar-refractivity contribution < 1.29 is 18.1 Å². The highest BCUT2D eigenvalue weighted by Gasteiger charge is 2.26. The number of ether oxygens (including phenoxy) is 1. The molecule has 0 aromatic heterocycles. The van der Waals surface area contributed by atoms with E-state index in [9.17, 15) is 18.5 Å². The van der Waals surface area contributed by atoms with Crippen molar-refractivity contribution >= 4 is 15.7 Å². The fraction of sp³-hybridized carbons (Fsp3) is 0.462. The predicted molar refractivity (Wildman–Crippen MR) is 78.9 cm³/mol. The van der Waals surface area contributed by atoms with Gasteiger partial charge < -0.3 is 4.74 Å². The molecule has 0 amide bonds. The number of hydrogen-bond donors (Lipinski definition) is 0. The van der Waals surface area contributed by atoms with Gasteiger partial charge in [-0.15, -0.1) is 0 Å². The van der Waals surface area contributed by atoms with E-state index in [1.807, 2.05) is 0 Å². The summed E-state index contributed by atoms with van der Waals surface area (Å²) in [6.45, 7) is 5.32. The molecular formula is C13H17N3O5S. The highest BCUT2D eigenvalue weighted by molar-refractivity contribution is 7.89. The summed E-state index contributed by atoms with van der Waals surface area (Å²) in [7, 11) is -3.80. The Bertz CT molecular complexity index is 692. The van der Waals surface area contributed by atoms with E-state index in [4.69, 9.17) is 10.00 Å². The lowest BCUT2D eigenvalue weighted by molar-refractivity contribution is -0.386. The van der Waals surface area contributed by atoms with E-state index in [2.05, 4.69) is 0 Å². The zero-order valence-electron chi connectivity index (χ0n) is 12.5. The molecule has 0 fully saturated rings. The molecule has 0 radical (unpaired) electrons. The third kappa shape index (κ3) is 3.72. The average Bonchev–Trinajstić information content (AvgIpc) is 2.47. The van der Waals surface area contributed by atoms with Crippen LogP contribution in [0, 0.1) is 21.4 Å². The highest BCUT2D eigenvalue weighted by Crippen LogP contribution is 2.31. The number of benzene rings is 1. The average molecular weight is 327 g/mol. The Morgan fingerprint density at radius 1 is 1.41 bits per heavy atom. The Kier molecular flexibility index (Phi) is 5.84. The molecule has 0 aliphatic carbocycles. The SMILES string of the molecule is CCN(CC)S(=O)(=O)c1ccc(O[C@H](C)C#N)c([N+](=O)[O-])c1. The van der Waals surface area contributed by atoms with Gasteiger partial charge in [0.05, 0.1) is 9.82 Å². The molecule has 1 aromatic carbocycles. The van der Waals surface area contributed by atoms with Crippen molar-refractivity contribution in [1.29, 1.82) is 5.26 Å². The van der Waals surface area contributed by atoms with Crippen LogP contribution in [0.1, 0.15) is 20.8 Å². The van der Waals surface area contributed by atoms with Crippen molar-refractivity contribution in [3.05, 3.63) is 28.3 Å². The van der Waals surface area contributed by atoms with Gasteiger partial charge in [-0.1, -0.05) is 13.8 Å². The van der Waals surface area contributed by atoms with Crippen molar-refractivity contribution in [1.82, 2.24) is 4.31 Å². The molecular weight excluding hydrogens is 310 g/mol. The number of nitrogens with zero attached hydrogens (tertiary/aromatic N) is 3. The molecule has 8 nitrogen and oxygen atoms in total. The zero-order chi connectivity index (χ0) is 16.9. The fourth-order valence-corrected chi connectivity index (χ4v) is 3.31. The molecule has 0 saturated heterocycles. The molecule has 9 heteroatoms. The molecule has 1 aromatic rings. The Morgan fingerprint density at radius 2 is 2.00 bits per heavy atom. The number of nitriles is 1. The third-order valence-corrected chi connectivity index (χ3v) is 5.00. The van der Waals surface area contributed by atoms with E-state index in [-0.39, 0.29) is 23.7 Å². The molecule has 22 heavy (non-hydrogen) atoms. The number of nitro groups is 1. The van der Waals surface area contributed by atoms with E-state index < -0.39 is 26.7 Å². The van der Waals surface area contributed by atoms with Gasteiger partial charge in [-0.25, -0.2) is 8.42 Å². The first-order valence-corrected chi connectivity index (χ1v) is 8.06. The van der Waals surface area contributed by atoms with Crippen molar-refractivity contribution in [2.45, 2.75) is 31.8 Å². The summed E-state index contributed by atoms with van der Waals surface area (Å²) < 4.78 is 31.1. The summed E-state index contributed by atoms with van der Waals surface area (Å²) in [5.41, 5.74) is -0.490. The van der Waals surface area contributed by atoms with Gasteiger partial charge in [-0.05, 0) is 19.1 Å². The molecule has 0 aliphatic heterocycles. The lowest BCUT2D eigenvalue weighted by atomic mass is 10.3. The minimum Gasteiger partial charge on any atom is -0.469 e. The number of rotatable bonds is 7. The van der Waals surface area contributed by atoms with E-state index in [1.54, 1.807) is 19.9 Å². The summed E-state index contributed by atoms with van der Waals surface area (Å²) in [4.78, 5) is 10.2. The van der Waals surface area contributed by atoms with Gasteiger partial charge in [0.15, 0.2) is 11.9 Å². The normalized spacial score (nSPS) is 12.7. The molecule has 0 unspecified atom stereocenters. The van der Waals surface area contributed by atoms with Crippen LogP contribution in [0.5, 0.6) is 5.75 Å². The van der Waals surface area contributed by atoms with Gasteiger partial charge in [0.2, 0.25) is 10.0 Å². The van der Waals surface area contributed by atoms with Gasteiger partial charge in [0.1, 0.15) is 6.07 Å². The summed E-state index contributed by atoms with van der Waals surface area (Å²) in [6, 6.07) is 5.17. The smallest absolute Gasteiger partial charge is 0.312 e. The summed E-state index contributed by atoms with van der Waals surface area (Å²) in [5.74, 6) is -0.141. The van der Waals surface area contributed by atoms with E-state index in [0.717, 1.165) is 6.07 Å². The maximum absolute atomic E-state index is 12.4. The van der Waals surface area contributed by atoms with Crippen molar-refractivity contribution in [2.24, 2.45) is 0 Å². The van der Waals surface area contributed by atoms with Crippen molar-refractivity contribution in [3.63, 3.8) is 0 Å². The van der Waals surface area contributed by atoms with Gasteiger partial charge >= 0.3 is 5.69 Å². The number of sulfonamides is 1. The van der Waals surface area contributed by atoms with Crippen LogP contribution in [0.25, 0.3) is 0 Å². The predicted octanol–water partition coefficient (Wildman–Crippen LogP) is 1.92. The molecule has 1 atom stereocenters. The number of nitro benzene ring substituents is 1. The first-order valence-electron chi connectivity index (χ1n) is 6.62. The lowest BCUT2D eigenvalue weighted by Crippen LogP contribution is -2.30. The van der Waals surface area contributed by atoms with Gasteiger partial charge in [0.25, 0.3) is 0 Å². The van der Waals surface area contributed by atoms with Crippen LogP contribution in [0.3, 0.4) is 0 Å². The second kappa shape index (κ2) is 7.20. The minimum atomic E-state index is -3.80. The fourth-order valence-electron chi connectivity index (χ4n) is 1.83. The second-order valence-corrected chi connectivity index (χ2v) is 6.30. The van der Waals surface area contributed by atoms with E-state index in [1.165, 1.54) is 23.4 Å². The summed E-state index contributed by atoms with van der Waals surface area (Å²) in [6.07, 6.45) is -0.885. The van der Waals surface area contributed by atoms with Crippen LogP contribution in [0.15, 0.2) is 23.1 Å². The minimum absolute atomic E-state index is 0.141. The second-order valence-electron chi connectivity index (χ2n) is 4.37. The highest BCUT2D eigenvalue weighted by atomic mass is 32.2. The van der Waals surface area contributed by atoms with E-state index >= 15 is 0 Å². The molecule has 0 bridgehead atoms. The van der Waals surface area contributed by atoms with Crippen LogP contribution < -0.4 is 4.74 Å². The van der Waals surface area contributed by atoms with Gasteiger partial charge in [-0.2, -0.15) is 9.57 Å². The largest absolute Gasteiger partial charge is 0.469 e. The molecule has 0 aliphatic rings. The van der Waals surface area contributed by atoms with Crippen LogP contribution in [-0.2, 0) is 10.0 Å². The lowest BCUT2D eigenvalue weighted by Gasteiger charge is -2.18. The maximum atomic E-state index is 12.4. The van der Waals surface area contributed by atoms with Gasteiger partial charge in [0, 0.05) is 19.2 Å². The Balaban J connectivity index is 3.35. The maximum Gasteiger partial charge on any atom is 0.312 e. The van der Waals surface area contributed by atoms with Crippen molar-refractivity contribution in [2.75, 3.05) is 13.1 Å². The first kappa shape index (κ1) is 17.9. The number of hydrogen-bond acceptors (Lipinski definition) is 6. The molecule has 0 heterocycles. The van der Waals surface area contributed by atoms with Crippen LogP contribution in [0.2, 0.25) is 0 Å². The Morgan fingerprint density at radius 3 is 2.45 bits per heavy atom. The molecule has 120 valence electrons. The monoisotopic (exact) mass is 327 g/mol. The topological polar surface area (TPSA) is 114 Å². The van der Waals surface area contributed by atoms with Crippen LogP contribution in [-0.4, -0.2) is 36.8 Å². The Labute approximate surface area is 129 Å². The van der Waals surface area contributed by atoms with Crippen LogP contribution in [0.4, 0.5) is 5.69 Å². The molecule has 1 rings (SSSR count). The summed E-state index contributed by atoms with van der Waals surface area (Å²) >= 11 is 0. The standard InChI is InChI=1S/C13H17N3O5S/c1-4-15(5-2)22(19,20)11-6-7-13(21-10(3)9-14)12(8-11)16(17)18/h6-8,10H,4-5H2,1-3H3/t10-/m1/s1.